The van der Waals surface area contributed by atoms with Crippen molar-refractivity contribution in [1.29, 1.82) is 0 Å². The van der Waals surface area contributed by atoms with Gasteiger partial charge in [-0.15, -0.1) is 0 Å². The molecule has 0 bridgehead atoms. The van der Waals surface area contributed by atoms with Crippen LogP contribution in [0.3, 0.4) is 0 Å². The highest BCUT2D eigenvalue weighted by Gasteiger charge is 2.07. The predicted octanol–water partition coefficient (Wildman–Crippen LogP) is 1.05. The van der Waals surface area contributed by atoms with E-state index in [1.54, 1.807) is 14.2 Å². The van der Waals surface area contributed by atoms with Crippen molar-refractivity contribution >= 4 is 0 Å². The molecule has 4 heteroatoms. The maximum atomic E-state index is 8.68. The second kappa shape index (κ2) is 5.58. The Bertz CT molecular complexity index is 326. The molecular weight excluding hydrogens is 194 g/mol. The Kier molecular flexibility index (Phi) is 4.39. The first-order valence-corrected chi connectivity index (χ1v) is 4.76. The number of nitrogens with one attached hydrogen (secondary N) is 1. The van der Waals surface area contributed by atoms with E-state index in [0.717, 1.165) is 16.9 Å². The molecule has 1 aromatic rings. The zero-order chi connectivity index (χ0) is 11.3. The molecule has 1 aromatic carbocycles. The molecule has 0 saturated heterocycles. The van der Waals surface area contributed by atoms with Gasteiger partial charge in [0.25, 0.3) is 0 Å². The third kappa shape index (κ3) is 2.84. The number of hydrogen-bond donors (Lipinski definition) is 2. The molecular formula is C11H17NO3. The van der Waals surface area contributed by atoms with Crippen LogP contribution < -0.4 is 14.8 Å². The summed E-state index contributed by atoms with van der Waals surface area (Å²) in [5, 5.41) is 11.5. The number of rotatable bonds is 5. The molecule has 0 aliphatic rings. The van der Waals surface area contributed by atoms with Gasteiger partial charge in [-0.2, -0.15) is 0 Å². The van der Waals surface area contributed by atoms with E-state index in [2.05, 4.69) is 5.32 Å². The second-order valence-electron chi connectivity index (χ2n) is 3.22. The number of aryl methyl sites for hydroxylation is 1. The summed E-state index contributed by atoms with van der Waals surface area (Å²) < 4.78 is 10.4. The lowest BCUT2D eigenvalue weighted by Crippen LogP contribution is -2.14. The minimum Gasteiger partial charge on any atom is -0.493 e. The summed E-state index contributed by atoms with van der Waals surface area (Å²) in [6, 6.07) is 3.84. The largest absolute Gasteiger partial charge is 0.493 e. The highest BCUT2D eigenvalue weighted by Crippen LogP contribution is 2.30. The predicted molar refractivity (Wildman–Crippen MR) is 58.2 cm³/mol. The topological polar surface area (TPSA) is 50.7 Å². The molecule has 4 nitrogen and oxygen atoms in total. The molecule has 0 unspecified atom stereocenters. The van der Waals surface area contributed by atoms with Crippen LogP contribution in [0.5, 0.6) is 11.5 Å². The quantitative estimate of drug-likeness (QED) is 0.715. The molecule has 0 radical (unpaired) electrons. The summed E-state index contributed by atoms with van der Waals surface area (Å²) in [5.41, 5.74) is 2.19. The van der Waals surface area contributed by atoms with Crippen LogP contribution in [0.1, 0.15) is 11.1 Å². The van der Waals surface area contributed by atoms with Crippen LogP contribution in [-0.2, 0) is 6.54 Å². The summed E-state index contributed by atoms with van der Waals surface area (Å²) in [7, 11) is 3.22. The lowest BCUT2D eigenvalue weighted by atomic mass is 10.1. The molecule has 0 heterocycles. The van der Waals surface area contributed by atoms with Crippen LogP contribution in [0, 0.1) is 6.92 Å². The molecule has 0 aliphatic heterocycles. The summed E-state index contributed by atoms with van der Waals surface area (Å²) in [4.78, 5) is 0. The molecule has 0 atom stereocenters. The molecule has 1 rings (SSSR count). The molecule has 15 heavy (non-hydrogen) atoms. The Balaban J connectivity index is 2.97. The fourth-order valence-corrected chi connectivity index (χ4v) is 1.40. The number of aliphatic hydroxyl groups is 1. The van der Waals surface area contributed by atoms with Gasteiger partial charge in [-0.25, -0.2) is 0 Å². The summed E-state index contributed by atoms with van der Waals surface area (Å²) >= 11 is 0. The number of ether oxygens (including phenoxy) is 2. The van der Waals surface area contributed by atoms with Crippen molar-refractivity contribution in [3.05, 3.63) is 23.3 Å². The SMILES string of the molecule is COc1cc(C)c(CNCO)cc1OC. The van der Waals surface area contributed by atoms with E-state index >= 15 is 0 Å². The lowest BCUT2D eigenvalue weighted by Gasteiger charge is -2.12. The monoisotopic (exact) mass is 211 g/mol. The minimum absolute atomic E-state index is 0.0339. The van der Waals surface area contributed by atoms with E-state index in [1.165, 1.54) is 0 Å². The summed E-state index contributed by atoms with van der Waals surface area (Å²) in [5.74, 6) is 1.43. The maximum Gasteiger partial charge on any atom is 0.161 e. The Morgan fingerprint density at radius 1 is 1.20 bits per heavy atom. The maximum absolute atomic E-state index is 8.68. The molecule has 0 aliphatic carbocycles. The van der Waals surface area contributed by atoms with Gasteiger partial charge < -0.3 is 14.6 Å². The Morgan fingerprint density at radius 3 is 2.33 bits per heavy atom. The molecule has 0 amide bonds. The van der Waals surface area contributed by atoms with Crippen LogP contribution in [0.25, 0.3) is 0 Å². The van der Waals surface area contributed by atoms with E-state index in [4.69, 9.17) is 14.6 Å². The molecule has 0 fully saturated rings. The van der Waals surface area contributed by atoms with Crippen molar-refractivity contribution in [2.24, 2.45) is 0 Å². The first-order valence-electron chi connectivity index (χ1n) is 4.76. The third-order valence-corrected chi connectivity index (χ3v) is 2.27. The van der Waals surface area contributed by atoms with E-state index in [-0.39, 0.29) is 6.73 Å². The molecule has 0 saturated carbocycles. The first kappa shape index (κ1) is 11.8. The van der Waals surface area contributed by atoms with E-state index in [0.29, 0.717) is 12.3 Å². The van der Waals surface area contributed by atoms with Gasteiger partial charge in [0.05, 0.1) is 21.0 Å². The Morgan fingerprint density at radius 2 is 1.80 bits per heavy atom. The Hall–Kier alpha value is -1.26. The van der Waals surface area contributed by atoms with Gasteiger partial charge in [-0.05, 0) is 30.2 Å². The molecule has 0 aromatic heterocycles. The summed E-state index contributed by atoms with van der Waals surface area (Å²) in [6.45, 7) is 2.58. The standard InChI is InChI=1S/C11H17NO3/c1-8-4-10(14-2)11(15-3)5-9(8)6-12-7-13/h4-5,12-13H,6-7H2,1-3H3. The van der Waals surface area contributed by atoms with Gasteiger partial charge in [0.2, 0.25) is 0 Å². The molecule has 2 N–H and O–H groups in total. The average molecular weight is 211 g/mol. The van der Waals surface area contributed by atoms with E-state index in [1.807, 2.05) is 19.1 Å². The number of hydrogen-bond acceptors (Lipinski definition) is 4. The van der Waals surface area contributed by atoms with Crippen LogP contribution in [0.15, 0.2) is 12.1 Å². The van der Waals surface area contributed by atoms with Crippen molar-refractivity contribution in [1.82, 2.24) is 5.32 Å². The minimum atomic E-state index is -0.0339. The van der Waals surface area contributed by atoms with Gasteiger partial charge in [-0.3, -0.25) is 5.32 Å². The van der Waals surface area contributed by atoms with Crippen molar-refractivity contribution in [3.8, 4) is 11.5 Å². The first-order chi connectivity index (χ1) is 7.22. The van der Waals surface area contributed by atoms with Crippen molar-refractivity contribution < 1.29 is 14.6 Å². The van der Waals surface area contributed by atoms with Gasteiger partial charge in [-0.1, -0.05) is 0 Å². The third-order valence-electron chi connectivity index (χ3n) is 2.27. The van der Waals surface area contributed by atoms with Gasteiger partial charge >= 0.3 is 0 Å². The zero-order valence-electron chi connectivity index (χ0n) is 9.33. The molecule has 84 valence electrons. The Labute approximate surface area is 89.8 Å². The van der Waals surface area contributed by atoms with Gasteiger partial charge in [0, 0.05) is 6.54 Å². The number of aliphatic hydroxyl groups excluding tert-OH is 1. The van der Waals surface area contributed by atoms with E-state index in [9.17, 15) is 0 Å². The number of methoxy groups -OCH3 is 2. The lowest BCUT2D eigenvalue weighted by molar-refractivity contribution is 0.259. The smallest absolute Gasteiger partial charge is 0.161 e. The van der Waals surface area contributed by atoms with E-state index < -0.39 is 0 Å². The van der Waals surface area contributed by atoms with Crippen molar-refractivity contribution in [2.45, 2.75) is 13.5 Å². The molecule has 0 spiro atoms. The highest BCUT2D eigenvalue weighted by atomic mass is 16.5. The van der Waals surface area contributed by atoms with Crippen LogP contribution in [-0.4, -0.2) is 26.1 Å². The average Bonchev–Trinajstić information content (AvgIpc) is 2.27. The fourth-order valence-electron chi connectivity index (χ4n) is 1.40. The van der Waals surface area contributed by atoms with Gasteiger partial charge in [0.15, 0.2) is 11.5 Å². The van der Waals surface area contributed by atoms with Gasteiger partial charge in [0.1, 0.15) is 0 Å². The number of benzene rings is 1. The van der Waals surface area contributed by atoms with Crippen LogP contribution >= 0.6 is 0 Å². The highest BCUT2D eigenvalue weighted by molar-refractivity contribution is 5.46. The van der Waals surface area contributed by atoms with Crippen molar-refractivity contribution in [3.63, 3.8) is 0 Å². The second-order valence-corrected chi connectivity index (χ2v) is 3.22. The fraction of sp³-hybridized carbons (Fsp3) is 0.455. The van der Waals surface area contributed by atoms with Crippen LogP contribution in [0.4, 0.5) is 0 Å². The normalized spacial score (nSPS) is 10.1. The summed E-state index contributed by atoms with van der Waals surface area (Å²) in [6.07, 6.45) is 0. The zero-order valence-corrected chi connectivity index (χ0v) is 9.33. The van der Waals surface area contributed by atoms with Crippen LogP contribution in [0.2, 0.25) is 0 Å². The van der Waals surface area contributed by atoms with Crippen molar-refractivity contribution in [2.75, 3.05) is 21.0 Å².